The van der Waals surface area contributed by atoms with Crippen molar-refractivity contribution in [3.8, 4) is 0 Å². The molecule has 1 aliphatic heterocycles. The van der Waals surface area contributed by atoms with Crippen molar-refractivity contribution in [1.82, 2.24) is 0 Å². The highest BCUT2D eigenvalue weighted by molar-refractivity contribution is 5.86. The number of carbonyl (C=O) groups is 2. The van der Waals surface area contributed by atoms with Crippen LogP contribution in [0.25, 0.3) is 0 Å². The molecular formula is C19H22O5. The summed E-state index contributed by atoms with van der Waals surface area (Å²) in [5.74, 6) is -2.12. The van der Waals surface area contributed by atoms with Crippen LogP contribution in [-0.4, -0.2) is 33.9 Å². The molecule has 0 aromatic rings. The number of carbonyl (C=O) groups excluding carboxylic acids is 1. The van der Waals surface area contributed by atoms with Crippen molar-refractivity contribution >= 4 is 11.9 Å². The second kappa shape index (κ2) is 3.96. The molecule has 3 unspecified atom stereocenters. The average Bonchev–Trinajstić information content (AvgIpc) is 2.98. The first-order valence-corrected chi connectivity index (χ1v) is 8.79. The number of hydrogen-bond donors (Lipinski definition) is 2. The summed E-state index contributed by atoms with van der Waals surface area (Å²) in [5.41, 5.74) is -1.30. The van der Waals surface area contributed by atoms with Crippen LogP contribution in [0.3, 0.4) is 0 Å². The molecule has 4 bridgehead atoms. The van der Waals surface area contributed by atoms with Crippen LogP contribution in [0.2, 0.25) is 0 Å². The zero-order valence-corrected chi connectivity index (χ0v) is 13.7. The molecule has 24 heavy (non-hydrogen) atoms. The van der Waals surface area contributed by atoms with Gasteiger partial charge in [0.05, 0.1) is 12.0 Å². The van der Waals surface area contributed by atoms with Crippen LogP contribution in [0.5, 0.6) is 0 Å². The lowest BCUT2D eigenvalue weighted by atomic mass is 9.61. The van der Waals surface area contributed by atoms with Crippen molar-refractivity contribution in [2.75, 3.05) is 0 Å². The van der Waals surface area contributed by atoms with Crippen molar-refractivity contribution in [2.45, 2.75) is 44.3 Å². The Hall–Kier alpha value is -1.62. The number of carboxylic acid groups (broad SMARTS) is 1. The molecule has 0 aromatic carbocycles. The molecular weight excluding hydrogens is 308 g/mol. The topological polar surface area (TPSA) is 83.8 Å². The third kappa shape index (κ3) is 1.25. The maximum Gasteiger partial charge on any atom is 0.316 e. The fraction of sp³-hybridized carbons (Fsp3) is 0.684. The molecule has 1 spiro atoms. The third-order valence-corrected chi connectivity index (χ3v) is 8.02. The van der Waals surface area contributed by atoms with Gasteiger partial charge in [-0.1, -0.05) is 18.2 Å². The van der Waals surface area contributed by atoms with Crippen LogP contribution in [0.15, 0.2) is 24.3 Å². The van der Waals surface area contributed by atoms with Gasteiger partial charge in [-0.05, 0) is 50.0 Å². The van der Waals surface area contributed by atoms with Crippen LogP contribution >= 0.6 is 0 Å². The monoisotopic (exact) mass is 330 g/mol. The molecule has 128 valence electrons. The van der Waals surface area contributed by atoms with Gasteiger partial charge in [-0.15, -0.1) is 0 Å². The highest BCUT2D eigenvalue weighted by Crippen LogP contribution is 2.76. The lowest BCUT2D eigenvalue weighted by molar-refractivity contribution is -0.161. The van der Waals surface area contributed by atoms with E-state index in [0.29, 0.717) is 12.3 Å². The van der Waals surface area contributed by atoms with Gasteiger partial charge < -0.3 is 14.9 Å². The van der Waals surface area contributed by atoms with Crippen LogP contribution in [0.1, 0.15) is 32.6 Å². The van der Waals surface area contributed by atoms with Gasteiger partial charge in [-0.25, -0.2) is 0 Å². The summed E-state index contributed by atoms with van der Waals surface area (Å²) >= 11 is 0. The predicted molar refractivity (Wildman–Crippen MR) is 83.7 cm³/mol. The number of hydrogen-bond acceptors (Lipinski definition) is 4. The van der Waals surface area contributed by atoms with Gasteiger partial charge >= 0.3 is 11.9 Å². The number of rotatable bonds is 1. The molecule has 5 nitrogen and oxygen atoms in total. The number of carboxylic acids is 1. The Morgan fingerprint density at radius 3 is 2.88 bits per heavy atom. The molecule has 2 N–H and O–H groups in total. The third-order valence-electron chi connectivity index (χ3n) is 8.02. The molecule has 4 fully saturated rings. The summed E-state index contributed by atoms with van der Waals surface area (Å²) in [6.07, 6.45) is 5.83. The Bertz CT molecular complexity index is 725. The van der Waals surface area contributed by atoms with Crippen LogP contribution in [0.4, 0.5) is 0 Å². The lowest BCUT2D eigenvalue weighted by Crippen LogP contribution is -2.50. The average molecular weight is 330 g/mol. The smallest absolute Gasteiger partial charge is 0.316 e. The number of esters is 1. The molecule has 5 heteroatoms. The van der Waals surface area contributed by atoms with Crippen molar-refractivity contribution in [1.29, 1.82) is 0 Å². The first kappa shape index (κ1) is 14.7. The molecule has 1 saturated heterocycles. The van der Waals surface area contributed by atoms with Crippen molar-refractivity contribution in [3.05, 3.63) is 24.3 Å². The van der Waals surface area contributed by atoms with Gasteiger partial charge in [-0.2, -0.15) is 0 Å². The normalized spacial score (nSPS) is 56.8. The first-order valence-electron chi connectivity index (χ1n) is 8.79. The highest BCUT2D eigenvalue weighted by Gasteiger charge is 2.82. The Balaban J connectivity index is 1.78. The van der Waals surface area contributed by atoms with Crippen molar-refractivity contribution in [3.63, 3.8) is 0 Å². The van der Waals surface area contributed by atoms with Crippen LogP contribution in [0, 0.1) is 34.5 Å². The van der Waals surface area contributed by atoms with Gasteiger partial charge in [-0.3, -0.25) is 9.59 Å². The number of ether oxygens (including phenoxy) is 1. The quantitative estimate of drug-likeness (QED) is 0.567. The van der Waals surface area contributed by atoms with E-state index in [1.807, 2.05) is 6.08 Å². The second-order valence-electron chi connectivity index (χ2n) is 8.72. The van der Waals surface area contributed by atoms with E-state index in [1.165, 1.54) is 0 Å². The van der Waals surface area contributed by atoms with E-state index in [-0.39, 0.29) is 5.92 Å². The zero-order chi connectivity index (χ0) is 17.1. The van der Waals surface area contributed by atoms with E-state index < -0.39 is 46.3 Å². The summed E-state index contributed by atoms with van der Waals surface area (Å²) in [6.45, 7) is 5.88. The summed E-state index contributed by atoms with van der Waals surface area (Å²) in [4.78, 5) is 25.0. The number of aliphatic hydroxyl groups excluding tert-OH is 1. The SMILES string of the molecule is C=C1C[C@]23C[C@H]1CCC2[C@@]12C=C[C@H](O)C(C)(C(=O)O1)C2[C@@H]3C(=O)O. The minimum Gasteiger partial charge on any atom is -0.481 e. The van der Waals surface area contributed by atoms with Gasteiger partial charge in [0.2, 0.25) is 0 Å². The Morgan fingerprint density at radius 1 is 1.42 bits per heavy atom. The zero-order valence-electron chi connectivity index (χ0n) is 13.7. The maximum absolute atomic E-state index is 12.7. The molecule has 8 atom stereocenters. The van der Waals surface area contributed by atoms with E-state index in [4.69, 9.17) is 4.74 Å². The Labute approximate surface area is 140 Å². The summed E-state index contributed by atoms with van der Waals surface area (Å²) in [5, 5.41) is 20.7. The van der Waals surface area contributed by atoms with Crippen LogP contribution < -0.4 is 0 Å². The summed E-state index contributed by atoms with van der Waals surface area (Å²) < 4.78 is 5.92. The van der Waals surface area contributed by atoms with E-state index in [0.717, 1.165) is 24.8 Å². The highest BCUT2D eigenvalue weighted by atomic mass is 16.6. The van der Waals surface area contributed by atoms with Gasteiger partial charge in [0, 0.05) is 11.8 Å². The van der Waals surface area contributed by atoms with E-state index in [1.54, 1.807) is 13.0 Å². The van der Waals surface area contributed by atoms with Gasteiger partial charge in [0.15, 0.2) is 0 Å². The van der Waals surface area contributed by atoms with E-state index in [2.05, 4.69) is 6.58 Å². The van der Waals surface area contributed by atoms with Crippen LogP contribution in [-0.2, 0) is 14.3 Å². The number of aliphatic hydroxyl groups is 1. The predicted octanol–water partition coefficient (Wildman–Crippen LogP) is 1.91. The standard InChI is InChI=1S/C19H22O5/c1-9-7-18-8-10(9)3-4-11(18)19-6-5-12(20)17(2,16(23)24-19)14(19)13(18)15(21)22/h5-6,10-14,20H,1,3-4,7-8H2,2H3,(H,21,22)/t10-,11?,12+,13-,14?,17?,18+,19-/m1/s1. The fourth-order valence-corrected chi connectivity index (χ4v) is 7.14. The second-order valence-corrected chi connectivity index (χ2v) is 8.72. The molecule has 0 aromatic heterocycles. The molecule has 1 heterocycles. The molecule has 0 radical (unpaired) electrons. The summed E-state index contributed by atoms with van der Waals surface area (Å²) in [7, 11) is 0. The van der Waals surface area contributed by atoms with Gasteiger partial charge in [0.25, 0.3) is 0 Å². The first-order chi connectivity index (χ1) is 11.3. The number of allylic oxidation sites excluding steroid dienone is 1. The fourth-order valence-electron chi connectivity index (χ4n) is 7.14. The molecule has 5 aliphatic rings. The Kier molecular flexibility index (Phi) is 2.42. The van der Waals surface area contributed by atoms with Crippen molar-refractivity contribution in [2.24, 2.45) is 34.5 Å². The molecule has 5 rings (SSSR count). The van der Waals surface area contributed by atoms with E-state index in [9.17, 15) is 19.8 Å². The maximum atomic E-state index is 12.7. The minimum atomic E-state index is -1.18. The Morgan fingerprint density at radius 2 is 2.17 bits per heavy atom. The molecule has 0 amide bonds. The van der Waals surface area contributed by atoms with Gasteiger partial charge in [0.1, 0.15) is 11.0 Å². The number of aliphatic carboxylic acids is 1. The molecule has 3 saturated carbocycles. The lowest BCUT2D eigenvalue weighted by Gasteiger charge is -2.42. The van der Waals surface area contributed by atoms with E-state index >= 15 is 0 Å². The number of fused-ring (bicyclic) bond motifs is 1. The molecule has 4 aliphatic carbocycles. The summed E-state index contributed by atoms with van der Waals surface area (Å²) in [6, 6.07) is 0. The minimum absolute atomic E-state index is 0.00104. The van der Waals surface area contributed by atoms with Crippen molar-refractivity contribution < 1.29 is 24.5 Å². The largest absolute Gasteiger partial charge is 0.481 e.